The maximum absolute atomic E-state index is 5.31. The zero-order valence-electron chi connectivity index (χ0n) is 9.15. The van der Waals surface area contributed by atoms with Crippen LogP contribution < -0.4 is 16.2 Å². The average Bonchev–Trinajstić information content (AvgIpc) is 2.81. The molecule has 0 saturated carbocycles. The molecule has 0 aliphatic heterocycles. The van der Waals surface area contributed by atoms with E-state index in [1.54, 1.807) is 4.90 Å². The third-order valence-electron chi connectivity index (χ3n) is 1.65. The first-order valence-electron chi connectivity index (χ1n) is 4.53. The number of nitrogen functional groups attached to an aromatic ring is 1. The van der Waals surface area contributed by atoms with Crippen LogP contribution in [0, 0.1) is 0 Å². The number of anilines is 2. The minimum absolute atomic E-state index is 0.315. The highest BCUT2D eigenvalue weighted by molar-refractivity contribution is 8.00. The van der Waals surface area contributed by atoms with Crippen molar-refractivity contribution in [3.05, 3.63) is 6.33 Å². The molecule has 0 fully saturated rings. The first-order valence-corrected chi connectivity index (χ1v) is 6.12. The van der Waals surface area contributed by atoms with Crippen LogP contribution in [0.15, 0.2) is 15.8 Å². The normalized spacial score (nSPS) is 10.3. The van der Waals surface area contributed by atoms with E-state index in [9.17, 15) is 0 Å². The maximum atomic E-state index is 5.31. The second-order valence-corrected chi connectivity index (χ2v) is 5.08. The summed E-state index contributed by atoms with van der Waals surface area (Å²) in [6.45, 7) is 0. The molecule has 2 rings (SSSR count). The fourth-order valence-corrected chi connectivity index (χ4v) is 2.24. The predicted molar refractivity (Wildman–Crippen MR) is 66.0 cm³/mol. The van der Waals surface area contributed by atoms with Gasteiger partial charge in [-0.15, -0.1) is 0 Å². The van der Waals surface area contributed by atoms with E-state index in [-0.39, 0.29) is 0 Å². The predicted octanol–water partition coefficient (Wildman–Crippen LogP) is 0.226. The van der Waals surface area contributed by atoms with Crippen LogP contribution in [0.2, 0.25) is 0 Å². The average molecular weight is 270 g/mol. The fraction of sp³-hybridized carbons (Fsp3) is 0.286. The molecule has 17 heavy (non-hydrogen) atoms. The molecule has 3 N–H and O–H groups in total. The highest BCUT2D eigenvalue weighted by Crippen LogP contribution is 2.26. The Kier molecular flexibility index (Phi) is 3.66. The topological polar surface area (TPSA) is 106 Å². The maximum Gasteiger partial charge on any atom is 0.242 e. The van der Waals surface area contributed by atoms with E-state index in [1.807, 2.05) is 14.1 Å². The van der Waals surface area contributed by atoms with Crippen LogP contribution in [0.4, 0.5) is 11.9 Å². The highest BCUT2D eigenvalue weighted by Gasteiger charge is 2.10. The van der Waals surface area contributed by atoms with Crippen molar-refractivity contribution >= 4 is 35.2 Å². The largest absolute Gasteiger partial charge is 0.347 e. The molecule has 0 aliphatic carbocycles. The molecule has 0 amide bonds. The van der Waals surface area contributed by atoms with Crippen molar-refractivity contribution < 1.29 is 0 Å². The number of aromatic nitrogens is 5. The molecule has 0 saturated heterocycles. The summed E-state index contributed by atoms with van der Waals surface area (Å²) >= 11 is 2.60. The molecule has 2 aromatic heterocycles. The van der Waals surface area contributed by atoms with Crippen molar-refractivity contribution in [3.8, 4) is 0 Å². The Hall–Kier alpha value is -1.52. The van der Waals surface area contributed by atoms with Crippen molar-refractivity contribution in [2.75, 3.05) is 24.4 Å². The lowest BCUT2D eigenvalue weighted by molar-refractivity contribution is 0.865. The quantitative estimate of drug-likeness (QED) is 0.596. The molecule has 0 aliphatic rings. The van der Waals surface area contributed by atoms with E-state index in [1.165, 1.54) is 29.6 Å². The van der Waals surface area contributed by atoms with E-state index in [4.69, 9.17) is 5.84 Å². The van der Waals surface area contributed by atoms with Gasteiger partial charge in [0, 0.05) is 14.1 Å². The molecule has 0 bridgehead atoms. The van der Waals surface area contributed by atoms with Gasteiger partial charge < -0.3 is 4.90 Å². The molecule has 0 aromatic carbocycles. The summed E-state index contributed by atoms with van der Waals surface area (Å²) in [6.07, 6.45) is 1.49. The molecular weight excluding hydrogens is 260 g/mol. The number of hydrogen-bond donors (Lipinski definition) is 2. The number of rotatable bonds is 4. The Labute approximate surface area is 106 Å². The Morgan fingerprint density at radius 2 is 2.18 bits per heavy atom. The number of hydrogen-bond acceptors (Lipinski definition) is 10. The van der Waals surface area contributed by atoms with Crippen LogP contribution in [0.1, 0.15) is 0 Å². The number of nitrogens with zero attached hydrogens (tertiary/aromatic N) is 6. The van der Waals surface area contributed by atoms with Gasteiger partial charge in [0.2, 0.25) is 17.1 Å². The van der Waals surface area contributed by atoms with Crippen LogP contribution in [-0.2, 0) is 0 Å². The lowest BCUT2D eigenvalue weighted by Gasteiger charge is -2.11. The molecule has 0 spiro atoms. The summed E-state index contributed by atoms with van der Waals surface area (Å²) in [6, 6.07) is 0. The van der Waals surface area contributed by atoms with Crippen LogP contribution >= 0.6 is 23.3 Å². The Bertz CT molecular complexity index is 485. The Morgan fingerprint density at radius 3 is 2.76 bits per heavy atom. The molecule has 10 heteroatoms. The molecule has 0 unspecified atom stereocenters. The summed E-state index contributed by atoms with van der Waals surface area (Å²) in [4.78, 5) is 18.3. The molecule has 2 aromatic rings. The summed E-state index contributed by atoms with van der Waals surface area (Å²) < 4.78 is 4.67. The van der Waals surface area contributed by atoms with Gasteiger partial charge in [-0.25, -0.2) is 10.8 Å². The third kappa shape index (κ3) is 2.99. The van der Waals surface area contributed by atoms with Gasteiger partial charge >= 0.3 is 0 Å². The lowest BCUT2D eigenvalue weighted by Crippen LogP contribution is -2.17. The summed E-state index contributed by atoms with van der Waals surface area (Å²) in [7, 11) is 3.68. The SMILES string of the molecule is CN(C)c1nc(NN)nc(Sc2ncns2)n1. The van der Waals surface area contributed by atoms with Gasteiger partial charge in [0.05, 0.1) is 0 Å². The van der Waals surface area contributed by atoms with Gasteiger partial charge in [-0.05, 0) is 23.3 Å². The highest BCUT2D eigenvalue weighted by atomic mass is 32.2. The van der Waals surface area contributed by atoms with Gasteiger partial charge in [0.25, 0.3) is 0 Å². The standard InChI is InChI=1S/C7H10N8S2/c1-15(2)5-11-4(14-8)12-6(13-5)16-7-9-3-10-17-7/h3H,8H2,1-2H3,(H,11,12,13,14). The summed E-state index contributed by atoms with van der Waals surface area (Å²) in [5, 5.41) is 0.522. The van der Waals surface area contributed by atoms with Gasteiger partial charge in [0.1, 0.15) is 6.33 Å². The van der Waals surface area contributed by atoms with Crippen LogP contribution in [0.25, 0.3) is 0 Å². The van der Waals surface area contributed by atoms with Crippen LogP contribution in [-0.4, -0.2) is 38.4 Å². The summed E-state index contributed by atoms with van der Waals surface area (Å²) in [5.41, 5.74) is 2.41. The smallest absolute Gasteiger partial charge is 0.242 e. The number of hydrazine groups is 1. The Balaban J connectivity index is 2.29. The number of nitrogens with one attached hydrogen (secondary N) is 1. The zero-order valence-corrected chi connectivity index (χ0v) is 10.8. The Morgan fingerprint density at radius 1 is 1.35 bits per heavy atom. The number of nitrogens with two attached hydrogens (primary N) is 1. The second kappa shape index (κ2) is 5.21. The molecule has 0 atom stereocenters. The second-order valence-electron chi connectivity index (χ2n) is 3.09. The molecule has 90 valence electrons. The van der Waals surface area contributed by atoms with Crippen LogP contribution in [0.3, 0.4) is 0 Å². The molecule has 8 nitrogen and oxygen atoms in total. The van der Waals surface area contributed by atoms with Crippen molar-refractivity contribution in [3.63, 3.8) is 0 Å². The minimum Gasteiger partial charge on any atom is -0.347 e. The van der Waals surface area contributed by atoms with Crippen molar-refractivity contribution in [2.24, 2.45) is 5.84 Å². The fourth-order valence-electron chi connectivity index (χ4n) is 0.942. The van der Waals surface area contributed by atoms with E-state index >= 15 is 0 Å². The first kappa shape index (κ1) is 12.0. The lowest BCUT2D eigenvalue weighted by atomic mass is 10.8. The minimum atomic E-state index is 0.315. The van der Waals surface area contributed by atoms with E-state index < -0.39 is 0 Å². The van der Waals surface area contributed by atoms with Crippen molar-refractivity contribution in [1.29, 1.82) is 0 Å². The van der Waals surface area contributed by atoms with Gasteiger partial charge in [-0.1, -0.05) is 0 Å². The molecule has 0 radical (unpaired) electrons. The van der Waals surface area contributed by atoms with Crippen molar-refractivity contribution in [2.45, 2.75) is 9.50 Å². The van der Waals surface area contributed by atoms with E-state index in [2.05, 4.69) is 29.7 Å². The van der Waals surface area contributed by atoms with Gasteiger partial charge in [-0.2, -0.15) is 19.3 Å². The summed E-state index contributed by atoms with van der Waals surface area (Å²) in [5.74, 6) is 6.15. The third-order valence-corrected chi connectivity index (χ3v) is 3.23. The monoisotopic (exact) mass is 270 g/mol. The molecular formula is C7H10N8S2. The zero-order chi connectivity index (χ0) is 12.3. The van der Waals surface area contributed by atoms with Crippen LogP contribution in [0.5, 0.6) is 0 Å². The molecule has 2 heterocycles. The first-order chi connectivity index (χ1) is 8.19. The van der Waals surface area contributed by atoms with E-state index in [0.717, 1.165) is 4.34 Å². The van der Waals surface area contributed by atoms with Crippen molar-refractivity contribution in [1.82, 2.24) is 24.3 Å². The van der Waals surface area contributed by atoms with Gasteiger partial charge in [-0.3, -0.25) is 5.43 Å². The van der Waals surface area contributed by atoms with Gasteiger partial charge in [0.15, 0.2) is 4.34 Å². The van der Waals surface area contributed by atoms with E-state index in [0.29, 0.717) is 17.1 Å².